The van der Waals surface area contributed by atoms with Crippen LogP contribution in [0.4, 0.5) is 0 Å². The first kappa shape index (κ1) is 16.1. The summed E-state index contributed by atoms with van der Waals surface area (Å²) < 4.78 is 1.42. The Bertz CT molecular complexity index is 553. The predicted octanol–water partition coefficient (Wildman–Crippen LogP) is 1.53. The largest absolute Gasteiger partial charge is 0.352 e. The van der Waals surface area contributed by atoms with Gasteiger partial charge in [0.15, 0.2) is 5.16 Å². The molecule has 0 radical (unpaired) electrons. The lowest BCUT2D eigenvalue weighted by molar-refractivity contribution is -0.121. The quantitative estimate of drug-likeness (QED) is 0.826. The van der Waals surface area contributed by atoms with Gasteiger partial charge in [-0.2, -0.15) is 0 Å². The minimum atomic E-state index is -0.275. The number of thioether (sulfide) groups is 1. The zero-order chi connectivity index (χ0) is 15.6. The molecule has 1 amide bonds. The third-order valence-corrected chi connectivity index (χ3v) is 5.67. The van der Waals surface area contributed by atoms with Gasteiger partial charge in [0.05, 0.1) is 5.25 Å². The van der Waals surface area contributed by atoms with Gasteiger partial charge in [-0.1, -0.05) is 38.5 Å². The first-order valence-electron chi connectivity index (χ1n) is 7.48. The molecule has 21 heavy (non-hydrogen) atoms. The van der Waals surface area contributed by atoms with E-state index in [1.807, 2.05) is 6.92 Å². The molecule has 0 saturated heterocycles. The molecule has 0 unspecified atom stereocenters. The van der Waals surface area contributed by atoms with Gasteiger partial charge in [-0.25, -0.2) is 9.89 Å². The molecule has 1 saturated carbocycles. The summed E-state index contributed by atoms with van der Waals surface area (Å²) in [5.74, 6) is 1.18. The van der Waals surface area contributed by atoms with Crippen LogP contribution in [0.3, 0.4) is 0 Å². The Kier molecular flexibility index (Phi) is 5.13. The van der Waals surface area contributed by atoms with Crippen molar-refractivity contribution in [3.8, 4) is 0 Å². The van der Waals surface area contributed by atoms with E-state index < -0.39 is 0 Å². The van der Waals surface area contributed by atoms with E-state index in [1.165, 1.54) is 29.2 Å². The van der Waals surface area contributed by atoms with E-state index in [4.69, 9.17) is 0 Å². The molecule has 0 bridgehead atoms. The number of hydrogen-bond donors (Lipinski definition) is 2. The highest BCUT2D eigenvalue weighted by Gasteiger charge is 2.29. The molecule has 4 atom stereocenters. The Balaban J connectivity index is 1.93. The molecule has 0 spiro atoms. The second kappa shape index (κ2) is 6.68. The van der Waals surface area contributed by atoms with Crippen LogP contribution in [0, 0.1) is 11.8 Å². The van der Waals surface area contributed by atoms with Gasteiger partial charge < -0.3 is 5.32 Å². The molecular formula is C14H24N4O2S. The summed E-state index contributed by atoms with van der Waals surface area (Å²) in [6.07, 6.45) is 3.47. The van der Waals surface area contributed by atoms with E-state index in [2.05, 4.69) is 29.4 Å². The SMILES string of the molecule is C[C@H]1[C@H](C)CCC[C@H]1NC(=O)[C@H](C)Sc1n[nH]c(=O)n1C. The topological polar surface area (TPSA) is 79.8 Å². The summed E-state index contributed by atoms with van der Waals surface area (Å²) >= 11 is 1.30. The van der Waals surface area contributed by atoms with E-state index in [9.17, 15) is 9.59 Å². The summed E-state index contributed by atoms with van der Waals surface area (Å²) in [5.41, 5.74) is -0.264. The van der Waals surface area contributed by atoms with Crippen LogP contribution in [-0.4, -0.2) is 32.0 Å². The van der Waals surface area contributed by atoms with Gasteiger partial charge >= 0.3 is 5.69 Å². The van der Waals surface area contributed by atoms with Crippen LogP contribution in [0.5, 0.6) is 0 Å². The van der Waals surface area contributed by atoms with E-state index in [1.54, 1.807) is 7.05 Å². The van der Waals surface area contributed by atoms with Gasteiger partial charge in [0.2, 0.25) is 5.91 Å². The van der Waals surface area contributed by atoms with Crippen molar-refractivity contribution in [3.63, 3.8) is 0 Å². The number of carbonyl (C=O) groups excluding carboxylic acids is 1. The van der Waals surface area contributed by atoms with Crippen molar-refractivity contribution in [2.75, 3.05) is 0 Å². The number of nitrogens with zero attached hydrogens (tertiary/aromatic N) is 2. The lowest BCUT2D eigenvalue weighted by Crippen LogP contribution is -2.46. The zero-order valence-corrected chi connectivity index (χ0v) is 13.9. The van der Waals surface area contributed by atoms with E-state index in [-0.39, 0.29) is 22.9 Å². The molecule has 1 aromatic rings. The maximum atomic E-state index is 12.3. The fourth-order valence-corrected chi connectivity index (χ4v) is 3.57. The van der Waals surface area contributed by atoms with E-state index >= 15 is 0 Å². The summed E-state index contributed by atoms with van der Waals surface area (Å²) in [4.78, 5) is 23.6. The van der Waals surface area contributed by atoms with Crippen LogP contribution in [0.25, 0.3) is 0 Å². The van der Waals surface area contributed by atoms with Crippen LogP contribution < -0.4 is 11.0 Å². The Morgan fingerprint density at radius 1 is 1.48 bits per heavy atom. The van der Waals surface area contributed by atoms with Gasteiger partial charge in [0.25, 0.3) is 0 Å². The number of amides is 1. The molecule has 6 nitrogen and oxygen atoms in total. The summed E-state index contributed by atoms with van der Waals surface area (Å²) in [6.45, 7) is 6.31. The Hall–Kier alpha value is -1.24. The molecule has 0 aliphatic heterocycles. The van der Waals surface area contributed by atoms with Crippen LogP contribution in [0.15, 0.2) is 9.95 Å². The Morgan fingerprint density at radius 3 is 2.81 bits per heavy atom. The van der Waals surface area contributed by atoms with Crippen molar-refractivity contribution >= 4 is 17.7 Å². The van der Waals surface area contributed by atoms with Crippen LogP contribution in [0.2, 0.25) is 0 Å². The summed E-state index contributed by atoms with van der Waals surface area (Å²) in [6, 6.07) is 0.257. The van der Waals surface area contributed by atoms with Gasteiger partial charge in [0, 0.05) is 13.1 Å². The second-order valence-corrected chi connectivity index (χ2v) is 7.32. The highest BCUT2D eigenvalue weighted by molar-refractivity contribution is 8.00. The number of rotatable bonds is 4. The molecule has 1 aromatic heterocycles. The Labute approximate surface area is 129 Å². The van der Waals surface area contributed by atoms with Crippen molar-refractivity contribution in [3.05, 3.63) is 10.5 Å². The number of aromatic nitrogens is 3. The van der Waals surface area contributed by atoms with Crippen molar-refractivity contribution < 1.29 is 4.79 Å². The number of H-pyrrole nitrogens is 1. The van der Waals surface area contributed by atoms with Crippen LogP contribution in [-0.2, 0) is 11.8 Å². The van der Waals surface area contributed by atoms with Crippen molar-refractivity contribution in [2.24, 2.45) is 18.9 Å². The first-order valence-corrected chi connectivity index (χ1v) is 8.36. The molecule has 1 heterocycles. The molecule has 118 valence electrons. The average molecular weight is 312 g/mol. The minimum absolute atomic E-state index is 0.0152. The highest BCUT2D eigenvalue weighted by atomic mass is 32.2. The van der Waals surface area contributed by atoms with Crippen LogP contribution in [0.1, 0.15) is 40.0 Å². The molecule has 1 aliphatic rings. The van der Waals surface area contributed by atoms with Crippen molar-refractivity contribution in [1.29, 1.82) is 0 Å². The fraction of sp³-hybridized carbons (Fsp3) is 0.786. The summed E-state index contributed by atoms with van der Waals surface area (Å²) in [7, 11) is 1.64. The minimum Gasteiger partial charge on any atom is -0.352 e. The van der Waals surface area contributed by atoms with Crippen LogP contribution >= 0.6 is 11.8 Å². The smallest absolute Gasteiger partial charge is 0.343 e. The van der Waals surface area contributed by atoms with E-state index in [0.717, 1.165) is 6.42 Å². The van der Waals surface area contributed by atoms with Gasteiger partial charge in [0.1, 0.15) is 0 Å². The zero-order valence-electron chi connectivity index (χ0n) is 13.0. The maximum Gasteiger partial charge on any atom is 0.343 e. The maximum absolute atomic E-state index is 12.3. The highest BCUT2D eigenvalue weighted by Crippen LogP contribution is 2.30. The number of nitrogens with one attached hydrogen (secondary N) is 2. The average Bonchev–Trinajstić information content (AvgIpc) is 2.75. The van der Waals surface area contributed by atoms with Crippen molar-refractivity contribution in [2.45, 2.75) is 56.5 Å². The second-order valence-electron chi connectivity index (χ2n) is 6.01. The lowest BCUT2D eigenvalue weighted by atomic mass is 9.78. The standard InChI is InChI=1S/C14H24N4O2S/c1-8-6-5-7-11(9(8)2)15-12(19)10(3)21-14-17-16-13(20)18(14)4/h8-11H,5-7H2,1-4H3,(H,15,19)(H,16,20)/t8-,9+,10+,11-/m1/s1. The summed E-state index contributed by atoms with van der Waals surface area (Å²) in [5, 5.41) is 9.72. The van der Waals surface area contributed by atoms with Gasteiger partial charge in [-0.15, -0.1) is 5.10 Å². The lowest BCUT2D eigenvalue weighted by Gasteiger charge is -2.35. The third-order valence-electron chi connectivity index (χ3n) is 4.52. The molecular weight excluding hydrogens is 288 g/mol. The number of aromatic amines is 1. The molecule has 1 fully saturated rings. The van der Waals surface area contributed by atoms with Gasteiger partial charge in [-0.05, 0) is 25.2 Å². The monoisotopic (exact) mass is 312 g/mol. The molecule has 7 heteroatoms. The fourth-order valence-electron chi connectivity index (χ4n) is 2.74. The Morgan fingerprint density at radius 2 is 2.19 bits per heavy atom. The number of carbonyl (C=O) groups is 1. The first-order chi connectivity index (χ1) is 9.90. The normalized spacial score (nSPS) is 27.3. The molecule has 2 N–H and O–H groups in total. The molecule has 1 aliphatic carbocycles. The van der Waals surface area contributed by atoms with E-state index in [0.29, 0.717) is 17.0 Å². The molecule has 0 aromatic carbocycles. The van der Waals surface area contributed by atoms with Crippen molar-refractivity contribution in [1.82, 2.24) is 20.1 Å². The third kappa shape index (κ3) is 3.70. The van der Waals surface area contributed by atoms with Gasteiger partial charge in [-0.3, -0.25) is 9.36 Å². The number of hydrogen-bond acceptors (Lipinski definition) is 4. The molecule has 2 rings (SSSR count). The predicted molar refractivity (Wildman–Crippen MR) is 83.3 cm³/mol.